The minimum Gasteiger partial charge on any atom is -0.478 e. The SMILES string of the molecule is O=C(O)c1ccc(Cl)cc1NCC1CCCC1. The van der Waals surface area contributed by atoms with Gasteiger partial charge in [-0.05, 0) is 37.0 Å². The zero-order valence-corrected chi connectivity index (χ0v) is 10.3. The van der Waals surface area contributed by atoms with E-state index in [-0.39, 0.29) is 5.56 Å². The molecule has 0 unspecified atom stereocenters. The summed E-state index contributed by atoms with van der Waals surface area (Å²) in [4.78, 5) is 11.0. The summed E-state index contributed by atoms with van der Waals surface area (Å²) in [6, 6.07) is 4.83. The highest BCUT2D eigenvalue weighted by Gasteiger charge is 2.16. The summed E-state index contributed by atoms with van der Waals surface area (Å²) in [5.41, 5.74) is 0.907. The molecule has 0 radical (unpaired) electrons. The van der Waals surface area contributed by atoms with E-state index < -0.39 is 5.97 Å². The number of nitrogens with one attached hydrogen (secondary N) is 1. The van der Waals surface area contributed by atoms with Crippen LogP contribution in [0.4, 0.5) is 5.69 Å². The van der Waals surface area contributed by atoms with Crippen molar-refractivity contribution in [3.05, 3.63) is 28.8 Å². The molecule has 1 aliphatic carbocycles. The summed E-state index contributed by atoms with van der Waals surface area (Å²) >= 11 is 5.88. The average molecular weight is 254 g/mol. The van der Waals surface area contributed by atoms with E-state index in [2.05, 4.69) is 5.32 Å². The summed E-state index contributed by atoms with van der Waals surface area (Å²) in [7, 11) is 0. The number of benzene rings is 1. The van der Waals surface area contributed by atoms with Crippen LogP contribution in [0.15, 0.2) is 18.2 Å². The molecule has 92 valence electrons. The van der Waals surface area contributed by atoms with E-state index in [1.54, 1.807) is 18.2 Å². The minimum absolute atomic E-state index is 0.285. The molecule has 0 saturated heterocycles. The lowest BCUT2D eigenvalue weighted by Crippen LogP contribution is -2.13. The zero-order chi connectivity index (χ0) is 12.3. The van der Waals surface area contributed by atoms with Gasteiger partial charge in [0, 0.05) is 11.6 Å². The van der Waals surface area contributed by atoms with Crippen LogP contribution in [0.1, 0.15) is 36.0 Å². The number of anilines is 1. The lowest BCUT2D eigenvalue weighted by molar-refractivity contribution is 0.0698. The maximum absolute atomic E-state index is 11.0. The van der Waals surface area contributed by atoms with Crippen LogP contribution in [0.5, 0.6) is 0 Å². The van der Waals surface area contributed by atoms with Crippen LogP contribution < -0.4 is 5.32 Å². The number of rotatable bonds is 4. The van der Waals surface area contributed by atoms with E-state index in [1.165, 1.54) is 25.7 Å². The quantitative estimate of drug-likeness (QED) is 0.861. The molecule has 0 bridgehead atoms. The van der Waals surface area contributed by atoms with Crippen molar-refractivity contribution in [2.75, 3.05) is 11.9 Å². The Labute approximate surface area is 106 Å². The van der Waals surface area contributed by atoms with Gasteiger partial charge in [-0.2, -0.15) is 0 Å². The van der Waals surface area contributed by atoms with Crippen molar-refractivity contribution < 1.29 is 9.90 Å². The van der Waals surface area contributed by atoms with Crippen molar-refractivity contribution in [3.8, 4) is 0 Å². The van der Waals surface area contributed by atoms with Crippen molar-refractivity contribution in [1.29, 1.82) is 0 Å². The second-order valence-corrected chi connectivity index (χ2v) is 4.96. The molecule has 0 amide bonds. The van der Waals surface area contributed by atoms with Gasteiger partial charge in [-0.15, -0.1) is 0 Å². The van der Waals surface area contributed by atoms with Crippen molar-refractivity contribution in [1.82, 2.24) is 0 Å². The van der Waals surface area contributed by atoms with E-state index >= 15 is 0 Å². The smallest absolute Gasteiger partial charge is 0.337 e. The maximum atomic E-state index is 11.0. The van der Waals surface area contributed by atoms with E-state index in [9.17, 15) is 4.79 Å². The van der Waals surface area contributed by atoms with Gasteiger partial charge in [0.25, 0.3) is 0 Å². The molecular formula is C13H16ClNO2. The second-order valence-electron chi connectivity index (χ2n) is 4.53. The first kappa shape index (κ1) is 12.2. The standard InChI is InChI=1S/C13H16ClNO2/c14-10-5-6-11(13(16)17)12(7-10)15-8-9-3-1-2-4-9/h5-7,9,15H,1-4,8H2,(H,16,17). The Morgan fingerprint density at radius 2 is 2.12 bits per heavy atom. The van der Waals surface area contributed by atoms with E-state index in [4.69, 9.17) is 16.7 Å². The third kappa shape index (κ3) is 3.13. The summed E-state index contributed by atoms with van der Waals surface area (Å²) in [5, 5.41) is 12.8. The van der Waals surface area contributed by atoms with Gasteiger partial charge in [0.1, 0.15) is 0 Å². The van der Waals surface area contributed by atoms with Gasteiger partial charge in [-0.25, -0.2) is 4.79 Å². The fraction of sp³-hybridized carbons (Fsp3) is 0.462. The molecule has 0 heterocycles. The van der Waals surface area contributed by atoms with Gasteiger partial charge in [0.15, 0.2) is 0 Å². The highest BCUT2D eigenvalue weighted by Crippen LogP contribution is 2.26. The van der Waals surface area contributed by atoms with Crippen LogP contribution in [0.25, 0.3) is 0 Å². The Bertz CT molecular complexity index is 414. The van der Waals surface area contributed by atoms with Crippen molar-refractivity contribution >= 4 is 23.3 Å². The number of hydrogen-bond donors (Lipinski definition) is 2. The number of halogens is 1. The van der Waals surface area contributed by atoms with Crippen LogP contribution in [0.2, 0.25) is 5.02 Å². The fourth-order valence-electron chi connectivity index (χ4n) is 2.32. The lowest BCUT2D eigenvalue weighted by Gasteiger charge is -2.14. The highest BCUT2D eigenvalue weighted by molar-refractivity contribution is 6.31. The Morgan fingerprint density at radius 3 is 2.76 bits per heavy atom. The molecule has 2 rings (SSSR count). The monoisotopic (exact) mass is 253 g/mol. The summed E-state index contributed by atoms with van der Waals surface area (Å²) in [6.07, 6.45) is 5.04. The Hall–Kier alpha value is -1.22. The van der Waals surface area contributed by atoms with Gasteiger partial charge >= 0.3 is 5.97 Å². The first-order chi connectivity index (χ1) is 8.16. The van der Waals surface area contributed by atoms with Crippen LogP contribution in [-0.4, -0.2) is 17.6 Å². The van der Waals surface area contributed by atoms with Gasteiger partial charge in [0.05, 0.1) is 11.3 Å². The maximum Gasteiger partial charge on any atom is 0.337 e. The molecular weight excluding hydrogens is 238 g/mol. The Balaban J connectivity index is 2.07. The largest absolute Gasteiger partial charge is 0.478 e. The molecule has 1 aromatic carbocycles. The molecule has 0 aromatic heterocycles. The average Bonchev–Trinajstić information content (AvgIpc) is 2.78. The molecule has 4 heteroatoms. The number of carbonyl (C=O) groups is 1. The number of carboxylic acid groups (broad SMARTS) is 1. The van der Waals surface area contributed by atoms with Crippen LogP contribution >= 0.6 is 11.6 Å². The predicted molar refractivity (Wildman–Crippen MR) is 68.9 cm³/mol. The second kappa shape index (κ2) is 5.41. The third-order valence-electron chi connectivity index (χ3n) is 3.27. The van der Waals surface area contributed by atoms with Gasteiger partial charge in [-0.3, -0.25) is 0 Å². The molecule has 0 aliphatic heterocycles. The number of carboxylic acids is 1. The van der Waals surface area contributed by atoms with Gasteiger partial charge in [-0.1, -0.05) is 24.4 Å². The summed E-state index contributed by atoms with van der Waals surface area (Å²) < 4.78 is 0. The molecule has 1 fully saturated rings. The van der Waals surface area contributed by atoms with Crippen LogP contribution in [0.3, 0.4) is 0 Å². The normalized spacial score (nSPS) is 16.1. The van der Waals surface area contributed by atoms with Crippen LogP contribution in [-0.2, 0) is 0 Å². The first-order valence-electron chi connectivity index (χ1n) is 5.93. The minimum atomic E-state index is -0.921. The molecule has 1 saturated carbocycles. The summed E-state index contributed by atoms with van der Waals surface area (Å²) in [5.74, 6) is -0.258. The fourth-order valence-corrected chi connectivity index (χ4v) is 2.49. The predicted octanol–water partition coefficient (Wildman–Crippen LogP) is 3.64. The van der Waals surface area contributed by atoms with Crippen molar-refractivity contribution in [2.45, 2.75) is 25.7 Å². The molecule has 0 spiro atoms. The van der Waals surface area contributed by atoms with Crippen molar-refractivity contribution in [3.63, 3.8) is 0 Å². The van der Waals surface area contributed by atoms with E-state index in [0.29, 0.717) is 16.6 Å². The molecule has 2 N–H and O–H groups in total. The third-order valence-corrected chi connectivity index (χ3v) is 3.50. The summed E-state index contributed by atoms with van der Waals surface area (Å²) in [6.45, 7) is 0.834. The Kier molecular flexibility index (Phi) is 3.89. The molecule has 17 heavy (non-hydrogen) atoms. The van der Waals surface area contributed by atoms with Gasteiger partial charge in [0.2, 0.25) is 0 Å². The van der Waals surface area contributed by atoms with Crippen LogP contribution in [0, 0.1) is 5.92 Å². The molecule has 1 aromatic rings. The lowest BCUT2D eigenvalue weighted by atomic mass is 10.1. The first-order valence-corrected chi connectivity index (χ1v) is 6.31. The number of hydrogen-bond acceptors (Lipinski definition) is 2. The zero-order valence-electron chi connectivity index (χ0n) is 9.58. The highest BCUT2D eigenvalue weighted by atomic mass is 35.5. The topological polar surface area (TPSA) is 49.3 Å². The number of aromatic carboxylic acids is 1. The molecule has 0 atom stereocenters. The van der Waals surface area contributed by atoms with E-state index in [0.717, 1.165) is 6.54 Å². The van der Waals surface area contributed by atoms with Crippen molar-refractivity contribution in [2.24, 2.45) is 5.92 Å². The molecule has 1 aliphatic rings. The Morgan fingerprint density at radius 1 is 1.41 bits per heavy atom. The van der Waals surface area contributed by atoms with Gasteiger partial charge < -0.3 is 10.4 Å². The molecule has 3 nitrogen and oxygen atoms in total. The van der Waals surface area contributed by atoms with E-state index in [1.807, 2.05) is 0 Å².